The molecule has 0 fully saturated rings. The summed E-state index contributed by atoms with van der Waals surface area (Å²) in [5.41, 5.74) is 0.185. The van der Waals surface area contributed by atoms with Gasteiger partial charge in [0.1, 0.15) is 5.56 Å². The van der Waals surface area contributed by atoms with Crippen LogP contribution in [0.15, 0.2) is 49.1 Å². The van der Waals surface area contributed by atoms with Gasteiger partial charge in [-0.15, -0.1) is 6.58 Å². The van der Waals surface area contributed by atoms with Crippen LogP contribution in [0.5, 0.6) is 11.5 Å². The number of nitrogens with one attached hydrogen (secondary N) is 2. The summed E-state index contributed by atoms with van der Waals surface area (Å²) in [5.74, 6) is -0.677. The first-order chi connectivity index (χ1) is 14.2. The van der Waals surface area contributed by atoms with E-state index in [1.807, 2.05) is 0 Å². The third-order valence-electron chi connectivity index (χ3n) is 3.96. The molecule has 2 rings (SSSR count). The van der Waals surface area contributed by atoms with Crippen molar-refractivity contribution in [3.8, 4) is 11.5 Å². The Labute approximate surface area is 173 Å². The molecule has 0 saturated heterocycles. The van der Waals surface area contributed by atoms with Gasteiger partial charge >= 0.3 is 0 Å². The van der Waals surface area contributed by atoms with E-state index in [2.05, 4.69) is 16.6 Å². The summed E-state index contributed by atoms with van der Waals surface area (Å²) in [5, 5.41) is 13.9. The number of hydrogen-bond donors (Lipinski definition) is 2. The van der Waals surface area contributed by atoms with Crippen molar-refractivity contribution in [1.29, 1.82) is 0 Å². The van der Waals surface area contributed by atoms with Crippen LogP contribution in [0.4, 0.5) is 11.4 Å². The van der Waals surface area contributed by atoms with Crippen molar-refractivity contribution in [3.05, 3.63) is 70.3 Å². The summed E-state index contributed by atoms with van der Waals surface area (Å²) < 4.78 is 36.3. The molecule has 0 saturated carbocycles. The molecule has 0 radical (unpaired) electrons. The van der Waals surface area contributed by atoms with Crippen LogP contribution in [-0.2, 0) is 15.8 Å². The molecule has 0 aliphatic carbocycles. The zero-order valence-electron chi connectivity index (χ0n) is 16.4. The van der Waals surface area contributed by atoms with Crippen LogP contribution in [0, 0.1) is 10.1 Å². The highest BCUT2D eigenvalue weighted by Gasteiger charge is 2.24. The highest BCUT2D eigenvalue weighted by Crippen LogP contribution is 2.34. The number of nitro benzene ring substituents is 1. The minimum Gasteiger partial charge on any atom is -0.493 e. The van der Waals surface area contributed by atoms with Gasteiger partial charge < -0.3 is 14.8 Å². The van der Waals surface area contributed by atoms with E-state index >= 15 is 0 Å². The zero-order chi connectivity index (χ0) is 22.3. The number of anilines is 1. The van der Waals surface area contributed by atoms with Crippen molar-refractivity contribution in [2.24, 2.45) is 0 Å². The van der Waals surface area contributed by atoms with Crippen LogP contribution in [0.1, 0.15) is 15.9 Å². The van der Waals surface area contributed by atoms with E-state index in [9.17, 15) is 23.3 Å². The highest BCUT2D eigenvalue weighted by atomic mass is 32.2. The average Bonchev–Trinajstić information content (AvgIpc) is 2.72. The Morgan fingerprint density at radius 3 is 2.30 bits per heavy atom. The molecular formula is C19H21N3O7S. The Hall–Kier alpha value is -3.44. The van der Waals surface area contributed by atoms with Crippen LogP contribution in [0.3, 0.4) is 0 Å². The van der Waals surface area contributed by atoms with E-state index in [-0.39, 0.29) is 29.4 Å². The van der Waals surface area contributed by atoms with Gasteiger partial charge in [0.05, 0.1) is 31.0 Å². The molecule has 160 valence electrons. The second-order valence-corrected chi connectivity index (χ2v) is 7.84. The van der Waals surface area contributed by atoms with E-state index < -0.39 is 26.5 Å². The minimum atomic E-state index is -3.51. The lowest BCUT2D eigenvalue weighted by molar-refractivity contribution is -0.385. The first-order valence-electron chi connectivity index (χ1n) is 8.59. The number of carbonyl (C=O) groups is 1. The molecule has 0 aromatic heterocycles. The lowest BCUT2D eigenvalue weighted by atomic mass is 10.1. The van der Waals surface area contributed by atoms with E-state index in [0.717, 1.165) is 6.07 Å². The molecule has 30 heavy (non-hydrogen) atoms. The van der Waals surface area contributed by atoms with Crippen molar-refractivity contribution in [3.63, 3.8) is 0 Å². The van der Waals surface area contributed by atoms with Gasteiger partial charge in [0.2, 0.25) is 10.0 Å². The summed E-state index contributed by atoms with van der Waals surface area (Å²) in [6, 6.07) is 8.40. The summed E-state index contributed by atoms with van der Waals surface area (Å²) in [6.45, 7) is 3.57. The molecule has 2 aromatic rings. The van der Waals surface area contributed by atoms with E-state index in [4.69, 9.17) is 9.47 Å². The van der Waals surface area contributed by atoms with Crippen molar-refractivity contribution in [2.45, 2.75) is 5.75 Å². The number of rotatable bonds is 10. The van der Waals surface area contributed by atoms with Crippen molar-refractivity contribution >= 4 is 27.3 Å². The Bertz CT molecular complexity index is 1050. The fourth-order valence-corrected chi connectivity index (χ4v) is 3.65. The minimum absolute atomic E-state index is 0.122. The number of sulfonamides is 1. The highest BCUT2D eigenvalue weighted by molar-refractivity contribution is 7.88. The van der Waals surface area contributed by atoms with Gasteiger partial charge in [-0.05, 0) is 17.7 Å². The van der Waals surface area contributed by atoms with Crippen LogP contribution in [0.25, 0.3) is 0 Å². The molecule has 1 amide bonds. The normalized spacial score (nSPS) is 10.9. The lowest BCUT2D eigenvalue weighted by Crippen LogP contribution is -2.25. The number of ether oxygens (including phenoxy) is 2. The fourth-order valence-electron chi connectivity index (χ4n) is 2.54. The van der Waals surface area contributed by atoms with Gasteiger partial charge in [0.25, 0.3) is 11.6 Å². The summed E-state index contributed by atoms with van der Waals surface area (Å²) in [6.07, 6.45) is 1.43. The van der Waals surface area contributed by atoms with Gasteiger partial charge in [0.15, 0.2) is 11.5 Å². The summed E-state index contributed by atoms with van der Waals surface area (Å²) >= 11 is 0. The molecule has 0 atom stereocenters. The predicted octanol–water partition coefficient (Wildman–Crippen LogP) is 2.47. The molecule has 0 spiro atoms. The predicted molar refractivity (Wildman–Crippen MR) is 111 cm³/mol. The number of nitrogens with zero attached hydrogens (tertiary/aromatic N) is 1. The third-order valence-corrected chi connectivity index (χ3v) is 5.28. The standard InChI is InChI=1S/C19H21N3O7S/c1-4-9-20-30(26,27)12-13-5-7-14(8-6-13)21-19(23)15-10-17(28-2)18(29-3)11-16(15)22(24)25/h4-8,10-11,20H,1,9,12H2,2-3H3,(H,21,23). The second kappa shape index (κ2) is 9.85. The number of benzene rings is 2. The Kier molecular flexibility index (Phi) is 7.50. The maximum Gasteiger partial charge on any atom is 0.286 e. The quantitative estimate of drug-likeness (QED) is 0.332. The molecule has 0 aliphatic rings. The number of nitro groups is 1. The molecule has 0 aliphatic heterocycles. The van der Waals surface area contributed by atoms with Crippen LogP contribution in [-0.4, -0.2) is 40.0 Å². The summed E-state index contributed by atoms with van der Waals surface area (Å²) in [7, 11) is -0.836. The smallest absolute Gasteiger partial charge is 0.286 e. The van der Waals surface area contributed by atoms with Crippen LogP contribution in [0.2, 0.25) is 0 Å². The lowest BCUT2D eigenvalue weighted by Gasteiger charge is -2.11. The number of methoxy groups -OCH3 is 2. The second-order valence-electron chi connectivity index (χ2n) is 6.03. The number of carbonyl (C=O) groups excluding carboxylic acids is 1. The topological polar surface area (TPSA) is 137 Å². The van der Waals surface area contributed by atoms with Crippen molar-refractivity contribution < 1.29 is 27.6 Å². The van der Waals surface area contributed by atoms with Gasteiger partial charge in [-0.3, -0.25) is 14.9 Å². The molecule has 0 unspecified atom stereocenters. The molecular weight excluding hydrogens is 414 g/mol. The fraction of sp³-hybridized carbons (Fsp3) is 0.211. The number of hydrogen-bond acceptors (Lipinski definition) is 7. The molecule has 2 aromatic carbocycles. The molecule has 0 bridgehead atoms. The molecule has 10 nitrogen and oxygen atoms in total. The maximum absolute atomic E-state index is 12.6. The van der Waals surface area contributed by atoms with Gasteiger partial charge in [-0.25, -0.2) is 13.1 Å². The Morgan fingerprint density at radius 2 is 1.77 bits per heavy atom. The first-order valence-corrected chi connectivity index (χ1v) is 10.2. The SMILES string of the molecule is C=CCNS(=O)(=O)Cc1ccc(NC(=O)c2cc(OC)c(OC)cc2[N+](=O)[O-])cc1. The number of amides is 1. The van der Waals surface area contributed by atoms with E-state index in [1.54, 1.807) is 0 Å². The van der Waals surface area contributed by atoms with Gasteiger partial charge in [0, 0.05) is 18.3 Å². The molecule has 11 heteroatoms. The van der Waals surface area contributed by atoms with E-state index in [1.165, 1.54) is 50.6 Å². The zero-order valence-corrected chi connectivity index (χ0v) is 17.2. The third kappa shape index (κ3) is 5.78. The maximum atomic E-state index is 12.6. The first kappa shape index (κ1) is 22.8. The van der Waals surface area contributed by atoms with Crippen LogP contribution < -0.4 is 19.5 Å². The van der Waals surface area contributed by atoms with Gasteiger partial charge in [-0.1, -0.05) is 18.2 Å². The van der Waals surface area contributed by atoms with Crippen LogP contribution >= 0.6 is 0 Å². The van der Waals surface area contributed by atoms with Crippen molar-refractivity contribution in [2.75, 3.05) is 26.1 Å². The molecule has 2 N–H and O–H groups in total. The molecule has 0 heterocycles. The average molecular weight is 435 g/mol. The van der Waals surface area contributed by atoms with E-state index in [0.29, 0.717) is 11.3 Å². The monoisotopic (exact) mass is 435 g/mol. The van der Waals surface area contributed by atoms with Gasteiger partial charge in [-0.2, -0.15) is 0 Å². The van der Waals surface area contributed by atoms with Crippen molar-refractivity contribution in [1.82, 2.24) is 4.72 Å². The Morgan fingerprint density at radius 1 is 1.17 bits per heavy atom. The summed E-state index contributed by atoms with van der Waals surface area (Å²) in [4.78, 5) is 23.3. The Balaban J connectivity index is 2.22. The largest absolute Gasteiger partial charge is 0.493 e.